The van der Waals surface area contributed by atoms with Crippen molar-refractivity contribution in [2.24, 2.45) is 0 Å². The molecule has 1 aromatic carbocycles. The van der Waals surface area contributed by atoms with Crippen molar-refractivity contribution < 1.29 is 11.0 Å². The Morgan fingerprint density at radius 2 is 2.07 bits per heavy atom. The third-order valence-electron chi connectivity index (χ3n) is 4.37. The van der Waals surface area contributed by atoms with Crippen molar-refractivity contribution >= 4 is 34.4 Å². The first-order chi connectivity index (χ1) is 13.7. The number of carbonyl (C=O) groups is 1. The van der Waals surface area contributed by atoms with Crippen LogP contribution in [0.2, 0.25) is 5.02 Å². The molecule has 142 valence electrons. The summed E-state index contributed by atoms with van der Waals surface area (Å²) in [5.74, 6) is 0.192. The van der Waals surface area contributed by atoms with E-state index >= 15 is 0 Å². The van der Waals surface area contributed by atoms with Gasteiger partial charge in [-0.15, -0.1) is 0 Å². The van der Waals surface area contributed by atoms with Crippen LogP contribution >= 0.6 is 11.6 Å². The van der Waals surface area contributed by atoms with E-state index < -0.39 is 5.97 Å². The Kier molecular flexibility index (Phi) is 4.95. The number of nitrogens with zero attached hydrogens (tertiary/aromatic N) is 2. The summed E-state index contributed by atoms with van der Waals surface area (Å²) >= 11 is 6.11. The summed E-state index contributed by atoms with van der Waals surface area (Å²) in [5.41, 5.74) is 3.40. The molecule has 0 amide bonds. The van der Waals surface area contributed by atoms with Crippen LogP contribution in [0.1, 0.15) is 17.3 Å². The number of hydrogen-bond acceptors (Lipinski definition) is 5. The van der Waals surface area contributed by atoms with Crippen LogP contribution < -0.4 is 5.32 Å². The fourth-order valence-corrected chi connectivity index (χ4v) is 3.16. The average molecular weight is 395 g/mol. The second-order valence-corrected chi connectivity index (χ2v) is 6.61. The van der Waals surface area contributed by atoms with Crippen molar-refractivity contribution in [1.82, 2.24) is 15.0 Å². The lowest BCUT2D eigenvalue weighted by atomic mass is 10.1. The van der Waals surface area contributed by atoms with Crippen LogP contribution in [-0.2, 0) is 11.3 Å². The van der Waals surface area contributed by atoms with Crippen LogP contribution in [0.25, 0.3) is 22.3 Å². The van der Waals surface area contributed by atoms with Crippen LogP contribution in [0.4, 0.5) is 5.82 Å². The maximum atomic E-state index is 12.3. The van der Waals surface area contributed by atoms with Gasteiger partial charge in [-0.25, -0.2) is 14.8 Å². The molecule has 3 heterocycles. The zero-order chi connectivity index (χ0) is 19.5. The molecule has 2 N–H and O–H groups in total. The van der Waals surface area contributed by atoms with Crippen molar-refractivity contribution in [2.75, 3.05) is 12.4 Å². The lowest BCUT2D eigenvalue weighted by Crippen LogP contribution is -2.08. The largest absolute Gasteiger partial charge is 0.465 e. The maximum absolute atomic E-state index is 12.3. The molecule has 4 rings (SSSR count). The van der Waals surface area contributed by atoms with Gasteiger partial charge in [0.05, 0.1) is 23.4 Å². The van der Waals surface area contributed by atoms with Crippen molar-refractivity contribution in [3.8, 4) is 11.3 Å². The van der Waals surface area contributed by atoms with Gasteiger partial charge in [-0.1, -0.05) is 41.9 Å². The zero-order valence-corrected chi connectivity index (χ0v) is 15.8. The van der Waals surface area contributed by atoms with E-state index in [1.165, 1.54) is 7.11 Å². The highest BCUT2D eigenvalue weighted by molar-refractivity contribution is 6.31. The molecule has 0 bridgehead atoms. The topological polar surface area (TPSA) is 79.9 Å². The molecule has 0 spiro atoms. The van der Waals surface area contributed by atoms with Crippen molar-refractivity contribution in [2.45, 2.75) is 6.54 Å². The smallest absolute Gasteiger partial charge is 0.340 e. The third-order valence-corrected chi connectivity index (χ3v) is 4.58. The van der Waals surface area contributed by atoms with E-state index in [4.69, 9.17) is 16.3 Å². The highest BCUT2D eigenvalue weighted by atomic mass is 35.5. The number of halogens is 1. The molecule has 0 unspecified atom stereocenters. The normalized spacial score (nSPS) is 10.8. The fraction of sp³-hybridized carbons (Fsp3) is 0.0952. The predicted octanol–water partition coefficient (Wildman–Crippen LogP) is 4.92. The molecule has 0 atom stereocenters. The number of pyridine rings is 2. The predicted molar refractivity (Wildman–Crippen MR) is 112 cm³/mol. The van der Waals surface area contributed by atoms with E-state index in [0.717, 1.165) is 16.5 Å². The molecule has 0 aliphatic heterocycles. The number of aromatic nitrogens is 3. The summed E-state index contributed by atoms with van der Waals surface area (Å²) in [5, 5.41) is 4.58. The van der Waals surface area contributed by atoms with Crippen molar-refractivity contribution in [3.63, 3.8) is 0 Å². The van der Waals surface area contributed by atoms with Gasteiger partial charge in [-0.2, -0.15) is 0 Å². The van der Waals surface area contributed by atoms with Crippen LogP contribution in [0.5, 0.6) is 0 Å². The van der Waals surface area contributed by atoms with E-state index in [-0.39, 0.29) is 1.43 Å². The highest BCUT2D eigenvalue weighted by Crippen LogP contribution is 2.31. The van der Waals surface area contributed by atoms with E-state index in [2.05, 4.69) is 20.3 Å². The number of fused-ring (bicyclic) bond motifs is 1. The number of methoxy groups -OCH3 is 1. The Morgan fingerprint density at radius 1 is 1.25 bits per heavy atom. The Labute approximate surface area is 168 Å². The molecule has 0 aliphatic carbocycles. The SMILES string of the molecule is COC(=O)c1ccc(NCc2ccccc2)nc1-c1c[nH]c2ncc(Cl)cc12.[HH]. The number of H-pyrrole nitrogens is 1. The maximum Gasteiger partial charge on any atom is 0.340 e. The van der Waals surface area contributed by atoms with Gasteiger partial charge < -0.3 is 15.0 Å². The van der Waals surface area contributed by atoms with Gasteiger partial charge in [0.1, 0.15) is 11.5 Å². The first-order valence-corrected chi connectivity index (χ1v) is 9.03. The van der Waals surface area contributed by atoms with E-state index in [1.54, 1.807) is 30.6 Å². The summed E-state index contributed by atoms with van der Waals surface area (Å²) < 4.78 is 4.93. The van der Waals surface area contributed by atoms with Gasteiger partial charge in [0, 0.05) is 31.3 Å². The number of benzene rings is 1. The van der Waals surface area contributed by atoms with Crippen LogP contribution in [0, 0.1) is 0 Å². The number of hydrogen-bond donors (Lipinski definition) is 2. The van der Waals surface area contributed by atoms with E-state index in [0.29, 0.717) is 34.3 Å². The molecular weight excluding hydrogens is 376 g/mol. The number of anilines is 1. The third kappa shape index (κ3) is 3.54. The van der Waals surface area contributed by atoms with Crippen LogP contribution in [0.3, 0.4) is 0 Å². The monoisotopic (exact) mass is 394 g/mol. The Hall–Kier alpha value is -3.38. The Morgan fingerprint density at radius 3 is 2.86 bits per heavy atom. The van der Waals surface area contributed by atoms with Gasteiger partial charge in [-0.05, 0) is 23.8 Å². The Bertz CT molecular complexity index is 1150. The van der Waals surface area contributed by atoms with E-state index in [9.17, 15) is 4.79 Å². The van der Waals surface area contributed by atoms with E-state index in [1.807, 2.05) is 30.3 Å². The molecule has 0 fully saturated rings. The molecule has 0 aliphatic rings. The summed E-state index contributed by atoms with van der Waals surface area (Å²) in [4.78, 5) is 24.3. The second-order valence-electron chi connectivity index (χ2n) is 6.18. The molecule has 7 heteroatoms. The quantitative estimate of drug-likeness (QED) is 0.469. The van der Waals surface area contributed by atoms with Crippen LogP contribution in [-0.4, -0.2) is 28.0 Å². The van der Waals surface area contributed by atoms with Crippen molar-refractivity contribution in [3.05, 3.63) is 77.1 Å². The average Bonchev–Trinajstić information content (AvgIpc) is 3.15. The highest BCUT2D eigenvalue weighted by Gasteiger charge is 2.19. The molecule has 0 saturated heterocycles. The number of esters is 1. The summed E-state index contributed by atoms with van der Waals surface area (Å²) in [7, 11) is 1.35. The van der Waals surface area contributed by atoms with Gasteiger partial charge >= 0.3 is 5.97 Å². The van der Waals surface area contributed by atoms with Gasteiger partial charge in [-0.3, -0.25) is 0 Å². The zero-order valence-electron chi connectivity index (χ0n) is 15.1. The molecule has 3 aromatic heterocycles. The molecule has 0 radical (unpaired) electrons. The number of nitrogens with one attached hydrogen (secondary N) is 2. The number of rotatable bonds is 5. The standard InChI is InChI=1S/C21H17ClN4O2.H2/c1-28-21(27)15-7-8-18(23-10-13-5-3-2-4-6-13)26-19(15)17-12-25-20-16(17)9-14(22)11-24-20;/h2-9,11-12H,10H2,1H3,(H,23,26)(H,24,25);1H. The number of carbonyl (C=O) groups excluding carboxylic acids is 1. The summed E-state index contributed by atoms with van der Waals surface area (Å²) in [6.07, 6.45) is 3.33. The van der Waals surface area contributed by atoms with Gasteiger partial charge in [0.2, 0.25) is 0 Å². The first kappa shape index (κ1) is 18.0. The summed E-state index contributed by atoms with van der Waals surface area (Å²) in [6, 6.07) is 15.3. The Balaban J connectivity index is 0.00000240. The molecule has 28 heavy (non-hydrogen) atoms. The lowest BCUT2D eigenvalue weighted by Gasteiger charge is -2.11. The number of ether oxygens (including phenoxy) is 1. The fourth-order valence-electron chi connectivity index (χ4n) is 3.00. The molecular formula is C21H19ClN4O2. The second kappa shape index (κ2) is 7.70. The van der Waals surface area contributed by atoms with Gasteiger partial charge in [0.15, 0.2) is 0 Å². The lowest BCUT2D eigenvalue weighted by molar-refractivity contribution is 0.0601. The minimum Gasteiger partial charge on any atom is -0.465 e. The molecule has 0 saturated carbocycles. The van der Waals surface area contributed by atoms with Crippen molar-refractivity contribution in [1.29, 1.82) is 0 Å². The van der Waals surface area contributed by atoms with Gasteiger partial charge in [0.25, 0.3) is 0 Å². The molecule has 4 aromatic rings. The first-order valence-electron chi connectivity index (χ1n) is 8.66. The summed E-state index contributed by atoms with van der Waals surface area (Å²) in [6.45, 7) is 0.617. The molecule has 6 nitrogen and oxygen atoms in total. The van der Waals surface area contributed by atoms with Crippen LogP contribution in [0.15, 0.2) is 60.9 Å². The minimum atomic E-state index is -0.457. The number of aromatic amines is 1. The minimum absolute atomic E-state index is 0.